The molecule has 3 heterocycles. The van der Waals surface area contributed by atoms with Crippen molar-refractivity contribution in [2.24, 2.45) is 0 Å². The highest BCUT2D eigenvalue weighted by molar-refractivity contribution is 5.68. The van der Waals surface area contributed by atoms with Gasteiger partial charge in [0.2, 0.25) is 5.95 Å². The van der Waals surface area contributed by atoms with Gasteiger partial charge in [0.05, 0.1) is 17.9 Å². The molecule has 0 aliphatic carbocycles. The van der Waals surface area contributed by atoms with E-state index in [1.807, 2.05) is 50.6 Å². The quantitative estimate of drug-likeness (QED) is 0.564. The van der Waals surface area contributed by atoms with Gasteiger partial charge < -0.3 is 15.4 Å². The van der Waals surface area contributed by atoms with E-state index in [4.69, 9.17) is 4.74 Å². The minimum absolute atomic E-state index is 0.401. The fourth-order valence-electron chi connectivity index (χ4n) is 3.88. The van der Waals surface area contributed by atoms with Gasteiger partial charge in [-0.25, -0.2) is 14.8 Å². The molecular formula is C25H33N7O2. The van der Waals surface area contributed by atoms with Crippen molar-refractivity contribution in [3.8, 4) is 11.3 Å². The molecule has 0 unspecified atom stereocenters. The normalized spacial score (nSPS) is 13.9. The summed E-state index contributed by atoms with van der Waals surface area (Å²) in [7, 11) is 0. The van der Waals surface area contributed by atoms with Crippen molar-refractivity contribution in [1.82, 2.24) is 30.0 Å². The number of nitrogens with one attached hydrogen (secondary N) is 2. The number of aromatic nitrogens is 4. The van der Waals surface area contributed by atoms with E-state index in [1.54, 1.807) is 6.20 Å². The molecule has 1 aromatic carbocycles. The van der Waals surface area contributed by atoms with Crippen LogP contribution in [0.2, 0.25) is 0 Å². The second-order valence-corrected chi connectivity index (χ2v) is 9.50. The zero-order valence-corrected chi connectivity index (χ0v) is 20.6. The van der Waals surface area contributed by atoms with Crippen molar-refractivity contribution in [3.05, 3.63) is 53.3 Å². The zero-order valence-electron chi connectivity index (χ0n) is 20.6. The third-order valence-electron chi connectivity index (χ3n) is 5.68. The smallest absolute Gasteiger partial charge is 0.407 e. The molecule has 3 aromatic rings. The summed E-state index contributed by atoms with van der Waals surface area (Å²) >= 11 is 0. The number of hydrogen-bond donors (Lipinski definition) is 2. The second-order valence-electron chi connectivity index (χ2n) is 9.50. The number of carbonyl (C=O) groups excluding carboxylic acids is 1. The molecule has 0 atom stereocenters. The van der Waals surface area contributed by atoms with Gasteiger partial charge in [-0.05, 0) is 57.5 Å². The summed E-state index contributed by atoms with van der Waals surface area (Å²) in [6.07, 6.45) is 1.32. The predicted molar refractivity (Wildman–Crippen MR) is 132 cm³/mol. The lowest BCUT2D eigenvalue weighted by molar-refractivity contribution is 0.0523. The van der Waals surface area contributed by atoms with Crippen molar-refractivity contribution >= 4 is 17.9 Å². The highest BCUT2D eigenvalue weighted by atomic mass is 16.6. The van der Waals surface area contributed by atoms with Gasteiger partial charge in [0.1, 0.15) is 5.60 Å². The SMILES string of the molecule is CCN1CCn2nc(Nc3nccc(-c4ccc(CNC(=O)OC(C)(C)C)c(C)c4)n3)cc2C1. The number of aryl methyl sites for hydroxylation is 1. The van der Waals surface area contributed by atoms with Crippen LogP contribution in [0.25, 0.3) is 11.3 Å². The van der Waals surface area contributed by atoms with Gasteiger partial charge >= 0.3 is 6.09 Å². The number of rotatable bonds is 6. The van der Waals surface area contributed by atoms with Crippen molar-refractivity contribution in [2.45, 2.75) is 59.9 Å². The molecule has 0 fully saturated rings. The standard InChI is InChI=1S/C25H33N7O2/c1-6-31-11-12-32-20(16-31)14-22(30-32)29-23-26-10-9-21(28-23)18-7-8-19(17(2)13-18)15-27-24(33)34-25(3,4)5/h7-10,13-14H,6,11-12,15-16H2,1-5H3,(H,27,33)(H,26,28,29,30). The van der Waals surface area contributed by atoms with Crippen molar-refractivity contribution in [3.63, 3.8) is 0 Å². The van der Waals surface area contributed by atoms with Gasteiger partial charge in [-0.2, -0.15) is 5.10 Å². The van der Waals surface area contributed by atoms with Crippen LogP contribution in [0.3, 0.4) is 0 Å². The summed E-state index contributed by atoms with van der Waals surface area (Å²) < 4.78 is 7.36. The van der Waals surface area contributed by atoms with Crippen LogP contribution in [0.5, 0.6) is 0 Å². The lowest BCUT2D eigenvalue weighted by Crippen LogP contribution is -2.33. The summed E-state index contributed by atoms with van der Waals surface area (Å²) in [5.74, 6) is 1.26. The molecule has 0 saturated heterocycles. The molecule has 9 heteroatoms. The lowest BCUT2D eigenvalue weighted by Gasteiger charge is -2.25. The summed E-state index contributed by atoms with van der Waals surface area (Å²) in [6, 6.07) is 10.0. The topological polar surface area (TPSA) is 97.2 Å². The monoisotopic (exact) mass is 463 g/mol. The van der Waals surface area contributed by atoms with Gasteiger partial charge in [0.15, 0.2) is 5.82 Å². The molecule has 2 aromatic heterocycles. The number of hydrogen-bond acceptors (Lipinski definition) is 7. The molecule has 1 aliphatic rings. The first kappa shape index (κ1) is 23.7. The number of carbonyl (C=O) groups is 1. The van der Waals surface area contributed by atoms with Crippen LogP contribution in [0, 0.1) is 6.92 Å². The Morgan fingerprint density at radius 3 is 2.74 bits per heavy atom. The number of ether oxygens (including phenoxy) is 1. The molecule has 180 valence electrons. The first-order valence-electron chi connectivity index (χ1n) is 11.7. The minimum atomic E-state index is -0.520. The van der Waals surface area contributed by atoms with Gasteiger partial charge in [0, 0.05) is 37.5 Å². The predicted octanol–water partition coefficient (Wildman–Crippen LogP) is 4.25. The number of anilines is 2. The van der Waals surface area contributed by atoms with E-state index in [0.717, 1.165) is 54.4 Å². The second kappa shape index (κ2) is 9.80. The molecule has 34 heavy (non-hydrogen) atoms. The van der Waals surface area contributed by atoms with E-state index in [9.17, 15) is 4.79 Å². The summed E-state index contributed by atoms with van der Waals surface area (Å²) in [5.41, 5.74) is 4.54. The highest BCUT2D eigenvalue weighted by Gasteiger charge is 2.18. The van der Waals surface area contributed by atoms with E-state index in [2.05, 4.69) is 49.7 Å². The van der Waals surface area contributed by atoms with Crippen molar-refractivity contribution in [1.29, 1.82) is 0 Å². The minimum Gasteiger partial charge on any atom is -0.444 e. The molecule has 9 nitrogen and oxygen atoms in total. The maximum absolute atomic E-state index is 11.9. The van der Waals surface area contributed by atoms with E-state index < -0.39 is 11.7 Å². The van der Waals surface area contributed by atoms with Gasteiger partial charge in [-0.15, -0.1) is 0 Å². The van der Waals surface area contributed by atoms with Crippen LogP contribution >= 0.6 is 0 Å². The number of fused-ring (bicyclic) bond motifs is 1. The van der Waals surface area contributed by atoms with Crippen LogP contribution in [0.1, 0.15) is 44.5 Å². The van der Waals surface area contributed by atoms with Gasteiger partial charge in [-0.1, -0.05) is 19.1 Å². The van der Waals surface area contributed by atoms with E-state index in [-0.39, 0.29) is 0 Å². The first-order valence-corrected chi connectivity index (χ1v) is 11.7. The first-order chi connectivity index (χ1) is 16.2. The third kappa shape index (κ3) is 5.91. The Balaban J connectivity index is 1.43. The average molecular weight is 464 g/mol. The fraction of sp³-hybridized carbons (Fsp3) is 0.440. The summed E-state index contributed by atoms with van der Waals surface area (Å²) in [4.78, 5) is 23.4. The van der Waals surface area contributed by atoms with Crippen LogP contribution in [0.15, 0.2) is 36.5 Å². The summed E-state index contributed by atoms with van der Waals surface area (Å²) in [6.45, 7) is 14.0. The Morgan fingerprint density at radius 1 is 1.18 bits per heavy atom. The molecule has 1 aliphatic heterocycles. The number of nitrogens with zero attached hydrogens (tertiary/aromatic N) is 5. The summed E-state index contributed by atoms with van der Waals surface area (Å²) in [5, 5.41) is 10.7. The van der Waals surface area contributed by atoms with E-state index in [1.165, 1.54) is 5.69 Å². The fourth-order valence-corrected chi connectivity index (χ4v) is 3.88. The van der Waals surface area contributed by atoms with Crippen molar-refractivity contribution < 1.29 is 9.53 Å². The average Bonchev–Trinajstić information content (AvgIpc) is 3.18. The lowest BCUT2D eigenvalue weighted by atomic mass is 10.0. The number of benzene rings is 1. The molecule has 0 saturated carbocycles. The van der Waals surface area contributed by atoms with Gasteiger partial charge in [-0.3, -0.25) is 9.58 Å². The Kier molecular flexibility index (Phi) is 6.83. The molecule has 0 radical (unpaired) electrons. The van der Waals surface area contributed by atoms with E-state index >= 15 is 0 Å². The maximum Gasteiger partial charge on any atom is 0.407 e. The van der Waals surface area contributed by atoms with Gasteiger partial charge in [0.25, 0.3) is 0 Å². The highest BCUT2D eigenvalue weighted by Crippen LogP contribution is 2.23. The Hall–Kier alpha value is -3.46. The number of amides is 1. The third-order valence-corrected chi connectivity index (χ3v) is 5.68. The van der Waals surface area contributed by atoms with Crippen molar-refractivity contribution in [2.75, 3.05) is 18.4 Å². The Morgan fingerprint density at radius 2 is 2.00 bits per heavy atom. The van der Waals surface area contributed by atoms with Crippen LogP contribution in [-0.4, -0.2) is 49.4 Å². The number of alkyl carbamates (subject to hydrolysis) is 1. The van der Waals surface area contributed by atoms with Crippen LogP contribution in [-0.2, 0) is 24.4 Å². The molecule has 4 rings (SSSR count). The molecular weight excluding hydrogens is 430 g/mol. The van der Waals surface area contributed by atoms with Crippen LogP contribution < -0.4 is 10.6 Å². The molecule has 0 bridgehead atoms. The zero-order chi connectivity index (χ0) is 24.3. The van der Waals surface area contributed by atoms with E-state index in [0.29, 0.717) is 12.5 Å². The van der Waals surface area contributed by atoms with Crippen LogP contribution in [0.4, 0.5) is 16.6 Å². The molecule has 1 amide bonds. The molecule has 2 N–H and O–H groups in total. The molecule has 0 spiro atoms. The Bertz CT molecular complexity index is 1170. The largest absolute Gasteiger partial charge is 0.444 e. The number of likely N-dealkylation sites (N-methyl/N-ethyl adjacent to an activating group) is 1. The maximum atomic E-state index is 11.9. The Labute approximate surface area is 200 Å².